The maximum absolute atomic E-state index is 12.3. The number of carbonyl (C=O) groups excluding carboxylic acids is 1. The summed E-state index contributed by atoms with van der Waals surface area (Å²) in [6.07, 6.45) is 4.85. The highest BCUT2D eigenvalue weighted by Gasteiger charge is 2.31. The number of aliphatic hydroxyl groups is 1. The first-order valence-electron chi connectivity index (χ1n) is 9.12. The van der Waals surface area contributed by atoms with Gasteiger partial charge in [0.2, 0.25) is 5.76 Å². The van der Waals surface area contributed by atoms with Gasteiger partial charge in [-0.15, -0.1) is 0 Å². The molecule has 0 saturated heterocycles. The fraction of sp³-hybridized carbons (Fsp3) is 0.435. The van der Waals surface area contributed by atoms with E-state index in [1.807, 2.05) is 41.2 Å². The second-order valence-corrected chi connectivity index (χ2v) is 7.12. The molecule has 2 heterocycles. The Labute approximate surface area is 205 Å². The maximum Gasteiger partial charge on any atom is 0.290 e. The molecule has 9 heteroatoms. The van der Waals surface area contributed by atoms with E-state index in [-0.39, 0.29) is 67.0 Å². The normalized spacial score (nSPS) is 16.9. The molecule has 32 heavy (non-hydrogen) atoms. The summed E-state index contributed by atoms with van der Waals surface area (Å²) in [6, 6.07) is 11.4. The van der Waals surface area contributed by atoms with E-state index in [0.29, 0.717) is 11.6 Å². The van der Waals surface area contributed by atoms with Gasteiger partial charge in [0.1, 0.15) is 5.69 Å². The summed E-state index contributed by atoms with van der Waals surface area (Å²) < 4.78 is 7.05. The molecule has 1 aliphatic rings. The molecule has 0 radical (unpaired) electrons. The number of benzene rings is 1. The van der Waals surface area contributed by atoms with Gasteiger partial charge in [-0.1, -0.05) is 57.8 Å². The van der Waals surface area contributed by atoms with Crippen LogP contribution in [-0.2, 0) is 6.54 Å². The van der Waals surface area contributed by atoms with Crippen LogP contribution >= 0.6 is 27.0 Å². The number of hydrogen-bond acceptors (Lipinski definition) is 5. The van der Waals surface area contributed by atoms with Crippen molar-refractivity contribution in [1.82, 2.24) is 20.3 Å². The quantitative estimate of drug-likeness (QED) is 0.519. The standard InChI is InChI=1S/C20H22N4O3.3CH4.2H2S/c1-13(25)16-10-21-24(12-16)11-14-7-17(8-14)22-20(26)19-9-18(23-27-19)15-5-3-2-4-6-15;;;;;/h2-6,9-10,12-14,17,25H,7-8,11H2,1H3,(H,22,26);3*1H4;2*1H2/t13-,14?,17?;;;;;/m0...../s1. The van der Waals surface area contributed by atoms with Crippen molar-refractivity contribution < 1.29 is 14.4 Å². The van der Waals surface area contributed by atoms with Crippen molar-refractivity contribution in [2.75, 3.05) is 0 Å². The van der Waals surface area contributed by atoms with Crippen LogP contribution in [0.5, 0.6) is 0 Å². The van der Waals surface area contributed by atoms with Gasteiger partial charge in [0.25, 0.3) is 5.91 Å². The Kier molecular flexibility index (Phi) is 14.0. The van der Waals surface area contributed by atoms with Crippen molar-refractivity contribution in [3.63, 3.8) is 0 Å². The van der Waals surface area contributed by atoms with Gasteiger partial charge >= 0.3 is 0 Å². The number of nitrogens with one attached hydrogen (secondary N) is 1. The van der Waals surface area contributed by atoms with E-state index in [9.17, 15) is 9.90 Å². The lowest BCUT2D eigenvalue weighted by Gasteiger charge is -2.35. The first-order chi connectivity index (χ1) is 13.1. The van der Waals surface area contributed by atoms with Gasteiger partial charge in [0.15, 0.2) is 0 Å². The lowest BCUT2D eigenvalue weighted by Crippen LogP contribution is -2.45. The van der Waals surface area contributed by atoms with Gasteiger partial charge in [-0.05, 0) is 25.7 Å². The van der Waals surface area contributed by atoms with Crippen molar-refractivity contribution in [2.45, 2.75) is 60.7 Å². The molecule has 7 nitrogen and oxygen atoms in total. The maximum atomic E-state index is 12.3. The molecule has 0 unspecified atom stereocenters. The summed E-state index contributed by atoms with van der Waals surface area (Å²) in [5, 5.41) is 20.8. The molecule has 0 bridgehead atoms. The van der Waals surface area contributed by atoms with Crippen LogP contribution in [0.1, 0.15) is 64.3 Å². The summed E-state index contributed by atoms with van der Waals surface area (Å²) in [5.74, 6) is 0.459. The molecule has 1 saturated carbocycles. The third-order valence-electron chi connectivity index (χ3n) is 4.96. The van der Waals surface area contributed by atoms with Crippen molar-refractivity contribution in [3.8, 4) is 11.3 Å². The molecule has 4 rings (SSSR count). The third kappa shape index (κ3) is 7.43. The van der Waals surface area contributed by atoms with Gasteiger partial charge in [-0.2, -0.15) is 32.1 Å². The van der Waals surface area contributed by atoms with Crippen molar-refractivity contribution in [2.24, 2.45) is 5.92 Å². The smallest absolute Gasteiger partial charge is 0.290 e. The molecule has 1 amide bonds. The Bertz CT molecular complexity index is 922. The molecule has 1 fully saturated rings. The van der Waals surface area contributed by atoms with E-state index in [1.165, 1.54) is 0 Å². The second-order valence-electron chi connectivity index (χ2n) is 7.12. The molecule has 1 aliphatic carbocycles. The number of rotatable bonds is 6. The van der Waals surface area contributed by atoms with Crippen LogP contribution < -0.4 is 5.32 Å². The summed E-state index contributed by atoms with van der Waals surface area (Å²) in [6.45, 7) is 2.52. The zero-order valence-electron chi connectivity index (χ0n) is 16.1. The van der Waals surface area contributed by atoms with E-state index >= 15 is 0 Å². The molecule has 1 atom stereocenters. The fourth-order valence-corrected chi connectivity index (χ4v) is 3.35. The highest BCUT2D eigenvalue weighted by Crippen LogP contribution is 2.29. The lowest BCUT2D eigenvalue weighted by atomic mass is 9.80. The predicted octanol–water partition coefficient (Wildman–Crippen LogP) is 4.93. The Morgan fingerprint density at radius 1 is 1.22 bits per heavy atom. The van der Waals surface area contributed by atoms with Crippen LogP contribution in [0, 0.1) is 5.92 Å². The molecule has 2 aromatic heterocycles. The molecule has 3 aromatic rings. The van der Waals surface area contributed by atoms with E-state index in [1.54, 1.807) is 19.2 Å². The number of amides is 1. The lowest BCUT2D eigenvalue weighted by molar-refractivity contribution is 0.0842. The number of hydrogen-bond donors (Lipinski definition) is 2. The minimum atomic E-state index is -0.505. The predicted molar refractivity (Wildman–Crippen MR) is 140 cm³/mol. The minimum Gasteiger partial charge on any atom is -0.389 e. The number of carbonyl (C=O) groups is 1. The minimum absolute atomic E-state index is 0. The Balaban J connectivity index is 0. The Hall–Kier alpha value is -2.23. The monoisotopic (exact) mass is 482 g/mol. The van der Waals surface area contributed by atoms with E-state index in [0.717, 1.165) is 30.5 Å². The third-order valence-corrected chi connectivity index (χ3v) is 4.96. The summed E-state index contributed by atoms with van der Waals surface area (Å²) in [7, 11) is 0. The van der Waals surface area contributed by atoms with E-state index in [2.05, 4.69) is 15.6 Å². The molecular weight excluding hydrogens is 444 g/mol. The van der Waals surface area contributed by atoms with Crippen LogP contribution in [0.2, 0.25) is 0 Å². The SMILES string of the molecule is C.C.C.C[C@H](O)c1cnn(CC2CC(NC(=O)c3cc(-c4ccccc4)no3)C2)c1.S.S. The zero-order chi connectivity index (χ0) is 18.8. The van der Waals surface area contributed by atoms with Crippen LogP contribution in [0.4, 0.5) is 0 Å². The molecule has 0 aliphatic heterocycles. The van der Waals surface area contributed by atoms with Gasteiger partial charge in [-0.25, -0.2) is 0 Å². The van der Waals surface area contributed by atoms with Crippen LogP contribution in [0.15, 0.2) is 53.3 Å². The summed E-state index contributed by atoms with van der Waals surface area (Å²) >= 11 is 0. The summed E-state index contributed by atoms with van der Waals surface area (Å²) in [5.41, 5.74) is 2.39. The van der Waals surface area contributed by atoms with Crippen LogP contribution in [0.25, 0.3) is 11.3 Å². The second kappa shape index (κ2) is 14.0. The first-order valence-corrected chi connectivity index (χ1v) is 9.12. The average molecular weight is 483 g/mol. The van der Waals surface area contributed by atoms with Crippen molar-refractivity contribution in [1.29, 1.82) is 0 Å². The number of aliphatic hydroxyl groups excluding tert-OH is 1. The highest BCUT2D eigenvalue weighted by atomic mass is 32.1. The molecular formula is C23H38N4O3S2. The molecule has 2 N–H and O–H groups in total. The number of nitrogens with zero attached hydrogens (tertiary/aromatic N) is 3. The zero-order valence-corrected chi connectivity index (χ0v) is 18.1. The van der Waals surface area contributed by atoms with Crippen molar-refractivity contribution >= 4 is 32.9 Å². The Morgan fingerprint density at radius 3 is 2.47 bits per heavy atom. The van der Waals surface area contributed by atoms with Gasteiger partial charge < -0.3 is 14.9 Å². The highest BCUT2D eigenvalue weighted by molar-refractivity contribution is 7.59. The van der Waals surface area contributed by atoms with Crippen LogP contribution in [0.3, 0.4) is 0 Å². The molecule has 180 valence electrons. The summed E-state index contributed by atoms with van der Waals surface area (Å²) in [4.78, 5) is 12.3. The topological polar surface area (TPSA) is 93.2 Å². The molecule has 0 spiro atoms. The fourth-order valence-electron chi connectivity index (χ4n) is 3.35. The van der Waals surface area contributed by atoms with Crippen molar-refractivity contribution in [3.05, 3.63) is 60.1 Å². The van der Waals surface area contributed by atoms with Gasteiger partial charge in [0.05, 0.1) is 12.3 Å². The largest absolute Gasteiger partial charge is 0.389 e. The van der Waals surface area contributed by atoms with Gasteiger partial charge in [-0.3, -0.25) is 9.48 Å². The molecule has 1 aromatic carbocycles. The number of aromatic nitrogens is 3. The van der Waals surface area contributed by atoms with Crippen LogP contribution in [-0.4, -0.2) is 32.0 Å². The first kappa shape index (κ1) is 32.0. The average Bonchev–Trinajstić information content (AvgIpc) is 3.30. The van der Waals surface area contributed by atoms with Gasteiger partial charge in [0, 0.05) is 36.0 Å². The Morgan fingerprint density at radius 2 is 1.88 bits per heavy atom. The van der Waals surface area contributed by atoms with E-state index < -0.39 is 6.10 Å². The van der Waals surface area contributed by atoms with E-state index in [4.69, 9.17) is 4.52 Å².